The van der Waals surface area contributed by atoms with Crippen LogP contribution in [0.2, 0.25) is 0 Å². The first-order chi connectivity index (χ1) is 15.7. The van der Waals surface area contributed by atoms with Gasteiger partial charge in [0.2, 0.25) is 5.43 Å². The maximum atomic E-state index is 13.5. The van der Waals surface area contributed by atoms with Crippen molar-refractivity contribution in [3.63, 3.8) is 0 Å². The number of para-hydroxylation sites is 1. The van der Waals surface area contributed by atoms with Gasteiger partial charge in [0, 0.05) is 17.3 Å². The summed E-state index contributed by atoms with van der Waals surface area (Å²) in [6, 6.07) is 24.6. The van der Waals surface area contributed by atoms with Crippen molar-refractivity contribution in [2.24, 2.45) is 0 Å². The molecule has 0 aliphatic heterocycles. The molecular weight excluding hydrogens is 420 g/mol. The maximum Gasteiger partial charge on any atom is 0.265 e. The molecule has 5 rings (SSSR count). The fourth-order valence-corrected chi connectivity index (χ4v) is 4.19. The van der Waals surface area contributed by atoms with Crippen molar-refractivity contribution in [3.8, 4) is 11.1 Å². The second-order valence-electron chi connectivity index (χ2n) is 7.20. The Hall–Kier alpha value is -4.03. The molecule has 5 aromatic rings. The number of fused-ring (bicyclic) bond motifs is 1. The van der Waals surface area contributed by atoms with Gasteiger partial charge in [-0.05, 0) is 35.4 Å². The highest BCUT2D eigenvalue weighted by molar-refractivity contribution is 7.09. The quantitative estimate of drug-likeness (QED) is 0.350. The molecule has 0 fully saturated rings. The highest BCUT2D eigenvalue weighted by Crippen LogP contribution is 2.26. The van der Waals surface area contributed by atoms with Crippen molar-refractivity contribution in [1.82, 2.24) is 4.98 Å². The monoisotopic (exact) mass is 438 g/mol. The Labute approximate surface area is 188 Å². The van der Waals surface area contributed by atoms with E-state index in [9.17, 15) is 9.59 Å². The van der Waals surface area contributed by atoms with Crippen molar-refractivity contribution in [1.29, 1.82) is 0 Å². The average Bonchev–Trinajstić information content (AvgIpc) is 3.37. The fraction of sp³-hybridized carbons (Fsp3) is 0.0385. The molecule has 2 heterocycles. The molecule has 2 aromatic heterocycles. The van der Waals surface area contributed by atoms with E-state index in [2.05, 4.69) is 4.98 Å². The third-order valence-electron chi connectivity index (χ3n) is 5.22. The number of carbonyl (C=O) groups excluding carboxylic acids is 1. The Balaban J connectivity index is 1.55. The van der Waals surface area contributed by atoms with E-state index in [-0.39, 0.29) is 17.5 Å². The van der Waals surface area contributed by atoms with Crippen LogP contribution in [0.3, 0.4) is 0 Å². The molecule has 1 amide bonds. The van der Waals surface area contributed by atoms with Gasteiger partial charge in [-0.2, -0.15) is 0 Å². The standard InChI is InChI=1S/C26H18N2O3S/c29-25-21-8-4-5-9-23(21)31-17-22(25)26(30)28(16-24-27-14-15-32-24)20-12-10-19(11-13-20)18-6-2-1-3-7-18/h1-15,17H,16H2. The zero-order chi connectivity index (χ0) is 21.9. The highest BCUT2D eigenvalue weighted by atomic mass is 32.1. The van der Waals surface area contributed by atoms with Gasteiger partial charge in [0.1, 0.15) is 22.4 Å². The molecule has 0 saturated carbocycles. The van der Waals surface area contributed by atoms with E-state index in [1.165, 1.54) is 17.6 Å². The van der Waals surface area contributed by atoms with Crippen molar-refractivity contribution < 1.29 is 9.21 Å². The van der Waals surface area contributed by atoms with E-state index in [1.54, 1.807) is 35.4 Å². The van der Waals surface area contributed by atoms with E-state index in [4.69, 9.17) is 4.42 Å². The van der Waals surface area contributed by atoms with Crippen LogP contribution in [0.4, 0.5) is 5.69 Å². The Kier molecular flexibility index (Phi) is 5.35. The summed E-state index contributed by atoms with van der Waals surface area (Å²) in [6.07, 6.45) is 2.95. The molecule has 0 saturated heterocycles. The van der Waals surface area contributed by atoms with Gasteiger partial charge in [0.25, 0.3) is 5.91 Å². The molecule has 0 aliphatic rings. The minimum atomic E-state index is -0.424. The smallest absolute Gasteiger partial charge is 0.265 e. The summed E-state index contributed by atoms with van der Waals surface area (Å²) in [4.78, 5) is 32.4. The highest BCUT2D eigenvalue weighted by Gasteiger charge is 2.23. The van der Waals surface area contributed by atoms with Crippen molar-refractivity contribution in [2.45, 2.75) is 6.54 Å². The summed E-state index contributed by atoms with van der Waals surface area (Å²) >= 11 is 1.46. The predicted octanol–water partition coefficient (Wildman–Crippen LogP) is 5.76. The molecule has 3 aromatic carbocycles. The van der Waals surface area contributed by atoms with Crippen LogP contribution in [0.15, 0.2) is 106 Å². The first kappa shape index (κ1) is 19.9. The summed E-state index contributed by atoms with van der Waals surface area (Å²) in [5, 5.41) is 3.02. The third-order valence-corrected chi connectivity index (χ3v) is 5.98. The Morgan fingerprint density at radius 1 is 0.906 bits per heavy atom. The molecule has 0 aliphatic carbocycles. The van der Waals surface area contributed by atoms with Crippen LogP contribution >= 0.6 is 11.3 Å². The van der Waals surface area contributed by atoms with E-state index >= 15 is 0 Å². The van der Waals surface area contributed by atoms with E-state index in [1.807, 2.05) is 60.0 Å². The molecule has 0 atom stereocenters. The van der Waals surface area contributed by atoms with Crippen LogP contribution in [-0.4, -0.2) is 10.9 Å². The number of thiazole rings is 1. The second-order valence-corrected chi connectivity index (χ2v) is 8.18. The first-order valence-corrected chi connectivity index (χ1v) is 10.9. The van der Waals surface area contributed by atoms with Crippen LogP contribution in [0, 0.1) is 0 Å². The topological polar surface area (TPSA) is 63.4 Å². The molecule has 0 unspecified atom stereocenters. The molecular formula is C26H18N2O3S. The normalized spacial score (nSPS) is 10.9. The van der Waals surface area contributed by atoms with Crippen LogP contribution < -0.4 is 10.3 Å². The van der Waals surface area contributed by atoms with Crippen LogP contribution in [0.25, 0.3) is 22.1 Å². The predicted molar refractivity (Wildman–Crippen MR) is 127 cm³/mol. The van der Waals surface area contributed by atoms with Crippen molar-refractivity contribution >= 4 is 33.9 Å². The van der Waals surface area contributed by atoms with Gasteiger partial charge in [-0.25, -0.2) is 4.98 Å². The maximum absolute atomic E-state index is 13.5. The second kappa shape index (κ2) is 8.61. The number of anilines is 1. The summed E-state index contributed by atoms with van der Waals surface area (Å²) in [5.41, 5.74) is 2.91. The van der Waals surface area contributed by atoms with Gasteiger partial charge in [0.15, 0.2) is 0 Å². The number of aromatic nitrogens is 1. The van der Waals surface area contributed by atoms with E-state index < -0.39 is 5.91 Å². The van der Waals surface area contributed by atoms with Gasteiger partial charge in [-0.15, -0.1) is 11.3 Å². The van der Waals surface area contributed by atoms with Crippen molar-refractivity contribution in [2.75, 3.05) is 4.90 Å². The molecule has 0 spiro atoms. The number of benzene rings is 3. The Morgan fingerprint density at radius 3 is 2.38 bits per heavy atom. The van der Waals surface area contributed by atoms with Gasteiger partial charge >= 0.3 is 0 Å². The number of rotatable bonds is 5. The molecule has 156 valence electrons. The lowest BCUT2D eigenvalue weighted by molar-refractivity contribution is 0.0982. The van der Waals surface area contributed by atoms with Crippen molar-refractivity contribution in [3.05, 3.63) is 117 Å². The van der Waals surface area contributed by atoms with Gasteiger partial charge in [-0.1, -0.05) is 54.6 Å². The lowest BCUT2D eigenvalue weighted by atomic mass is 10.1. The van der Waals surface area contributed by atoms with Crippen LogP contribution in [0.5, 0.6) is 0 Å². The average molecular weight is 439 g/mol. The zero-order valence-corrected chi connectivity index (χ0v) is 17.8. The lowest BCUT2D eigenvalue weighted by Gasteiger charge is -2.22. The molecule has 6 heteroatoms. The zero-order valence-electron chi connectivity index (χ0n) is 17.0. The summed E-state index contributed by atoms with van der Waals surface area (Å²) in [7, 11) is 0. The first-order valence-electron chi connectivity index (χ1n) is 10.1. The van der Waals surface area contributed by atoms with E-state index in [0.29, 0.717) is 16.7 Å². The minimum Gasteiger partial charge on any atom is -0.463 e. The fourth-order valence-electron chi connectivity index (χ4n) is 3.58. The summed E-state index contributed by atoms with van der Waals surface area (Å²) < 4.78 is 5.58. The molecule has 5 nitrogen and oxygen atoms in total. The number of amides is 1. The largest absolute Gasteiger partial charge is 0.463 e. The van der Waals surface area contributed by atoms with Crippen LogP contribution in [-0.2, 0) is 6.54 Å². The number of hydrogen-bond acceptors (Lipinski definition) is 5. The summed E-state index contributed by atoms with van der Waals surface area (Å²) in [6.45, 7) is 0.257. The molecule has 0 N–H and O–H groups in total. The van der Waals surface area contributed by atoms with Crippen LogP contribution in [0.1, 0.15) is 15.4 Å². The van der Waals surface area contributed by atoms with Gasteiger partial charge in [0.05, 0.1) is 11.9 Å². The number of nitrogens with zero attached hydrogens (tertiary/aromatic N) is 2. The van der Waals surface area contributed by atoms with Gasteiger partial charge in [-0.3, -0.25) is 9.59 Å². The minimum absolute atomic E-state index is 0.00704. The molecule has 32 heavy (non-hydrogen) atoms. The Bertz CT molecular complexity index is 1430. The molecule has 0 radical (unpaired) electrons. The lowest BCUT2D eigenvalue weighted by Crippen LogP contribution is -2.33. The van der Waals surface area contributed by atoms with Gasteiger partial charge < -0.3 is 9.32 Å². The Morgan fingerprint density at radius 2 is 1.62 bits per heavy atom. The number of carbonyl (C=O) groups is 1. The number of hydrogen-bond donors (Lipinski definition) is 0. The van der Waals surface area contributed by atoms with E-state index in [0.717, 1.165) is 16.1 Å². The third kappa shape index (κ3) is 3.84. The molecule has 0 bridgehead atoms. The SMILES string of the molecule is O=C(c1coc2ccccc2c1=O)N(Cc1nccs1)c1ccc(-c2ccccc2)cc1. The summed E-state index contributed by atoms with van der Waals surface area (Å²) in [5.74, 6) is -0.424.